The molecule has 2 aromatic rings. The molecule has 102 valence electrons. The van der Waals surface area contributed by atoms with Crippen LogP contribution in [0.2, 0.25) is 0 Å². The van der Waals surface area contributed by atoms with E-state index < -0.39 is 0 Å². The van der Waals surface area contributed by atoms with Gasteiger partial charge < -0.3 is 9.73 Å². The van der Waals surface area contributed by atoms with Crippen LogP contribution in [0.15, 0.2) is 38.8 Å². The van der Waals surface area contributed by atoms with E-state index in [9.17, 15) is 0 Å². The van der Waals surface area contributed by atoms with Crippen molar-refractivity contribution in [2.24, 2.45) is 0 Å². The van der Waals surface area contributed by atoms with Crippen LogP contribution in [0, 0.1) is 13.8 Å². The van der Waals surface area contributed by atoms with Gasteiger partial charge in [-0.05, 0) is 50.2 Å². The van der Waals surface area contributed by atoms with Crippen molar-refractivity contribution in [1.29, 1.82) is 0 Å². The fourth-order valence-corrected chi connectivity index (χ4v) is 2.69. The van der Waals surface area contributed by atoms with Gasteiger partial charge in [0.05, 0.1) is 5.69 Å². The Kier molecular flexibility index (Phi) is 5.05. The zero-order valence-electron chi connectivity index (χ0n) is 11.7. The van der Waals surface area contributed by atoms with E-state index in [0.717, 1.165) is 36.2 Å². The summed E-state index contributed by atoms with van der Waals surface area (Å²) < 4.78 is 5.63. The highest BCUT2D eigenvalue weighted by Gasteiger charge is 2.10. The predicted molar refractivity (Wildman–Crippen MR) is 78.5 cm³/mol. The second kappa shape index (κ2) is 6.78. The number of rotatable bonds is 6. The average molecular weight is 276 g/mol. The molecule has 19 heavy (non-hydrogen) atoms. The monoisotopic (exact) mass is 276 g/mol. The molecule has 0 aliphatic carbocycles. The summed E-state index contributed by atoms with van der Waals surface area (Å²) in [7, 11) is 0. The van der Waals surface area contributed by atoms with Gasteiger partial charge in [-0.3, -0.25) is 0 Å². The molecule has 1 N–H and O–H groups in total. The second-order valence-corrected chi connectivity index (χ2v) is 5.50. The Bertz CT molecular complexity index is 517. The van der Waals surface area contributed by atoms with Crippen molar-refractivity contribution in [2.75, 3.05) is 6.54 Å². The summed E-state index contributed by atoms with van der Waals surface area (Å²) in [6.07, 6.45) is 1.15. The quantitative estimate of drug-likeness (QED) is 0.811. The van der Waals surface area contributed by atoms with Gasteiger partial charge in [-0.2, -0.15) is 0 Å². The molecule has 2 rings (SSSR count). The van der Waals surface area contributed by atoms with Gasteiger partial charge in [0.25, 0.3) is 5.22 Å². The summed E-state index contributed by atoms with van der Waals surface area (Å²) in [5, 5.41) is 4.15. The fraction of sp³-hybridized carbons (Fsp3) is 0.400. The van der Waals surface area contributed by atoms with Crippen LogP contribution in [0.25, 0.3) is 0 Å². The number of nitrogens with one attached hydrogen (secondary N) is 1. The minimum Gasteiger partial charge on any atom is -0.436 e. The number of nitrogens with zero attached hydrogens (tertiary/aromatic N) is 1. The van der Waals surface area contributed by atoms with Crippen molar-refractivity contribution in [2.45, 2.75) is 43.9 Å². The molecule has 0 bridgehead atoms. The first kappa shape index (κ1) is 14.2. The van der Waals surface area contributed by atoms with Gasteiger partial charge in [0.15, 0.2) is 0 Å². The Morgan fingerprint density at radius 3 is 2.74 bits per heavy atom. The van der Waals surface area contributed by atoms with Gasteiger partial charge in [-0.25, -0.2) is 4.98 Å². The maximum absolute atomic E-state index is 5.63. The van der Waals surface area contributed by atoms with E-state index in [4.69, 9.17) is 4.42 Å². The summed E-state index contributed by atoms with van der Waals surface area (Å²) in [5.41, 5.74) is 2.25. The number of oxazole rings is 1. The molecule has 0 amide bonds. The van der Waals surface area contributed by atoms with Crippen molar-refractivity contribution < 1.29 is 4.42 Å². The number of benzene rings is 1. The maximum atomic E-state index is 5.63. The van der Waals surface area contributed by atoms with Gasteiger partial charge in [0.2, 0.25) is 0 Å². The molecular weight excluding hydrogens is 256 g/mol. The van der Waals surface area contributed by atoms with E-state index in [2.05, 4.69) is 35.4 Å². The molecule has 0 radical (unpaired) electrons. The highest BCUT2D eigenvalue weighted by atomic mass is 32.2. The Labute approximate surface area is 118 Å². The van der Waals surface area contributed by atoms with Gasteiger partial charge in [0, 0.05) is 11.4 Å². The molecule has 0 spiro atoms. The van der Waals surface area contributed by atoms with Crippen LogP contribution in [0.1, 0.15) is 30.4 Å². The SMILES string of the molecule is CCCNCc1ccccc1Sc1nc(C)c(C)o1. The molecule has 0 saturated heterocycles. The molecule has 1 aromatic heterocycles. The van der Waals surface area contributed by atoms with Gasteiger partial charge in [0.1, 0.15) is 5.76 Å². The summed E-state index contributed by atoms with van der Waals surface area (Å²) in [4.78, 5) is 5.62. The minimum atomic E-state index is 0.720. The first-order chi connectivity index (χ1) is 9.20. The third-order valence-electron chi connectivity index (χ3n) is 2.92. The van der Waals surface area contributed by atoms with Crippen LogP contribution in [-0.2, 0) is 6.54 Å². The number of hydrogen-bond donors (Lipinski definition) is 1. The minimum absolute atomic E-state index is 0.720. The Hall–Kier alpha value is -1.26. The third-order valence-corrected chi connectivity index (χ3v) is 3.89. The normalized spacial score (nSPS) is 10.9. The maximum Gasteiger partial charge on any atom is 0.261 e. The molecule has 0 aliphatic heterocycles. The van der Waals surface area contributed by atoms with E-state index in [1.807, 2.05) is 19.9 Å². The molecule has 0 aliphatic rings. The van der Waals surface area contributed by atoms with Crippen molar-refractivity contribution in [1.82, 2.24) is 10.3 Å². The largest absolute Gasteiger partial charge is 0.436 e. The highest BCUT2D eigenvalue weighted by molar-refractivity contribution is 7.99. The molecule has 3 nitrogen and oxygen atoms in total. The van der Waals surface area contributed by atoms with Crippen LogP contribution in [0.3, 0.4) is 0 Å². The van der Waals surface area contributed by atoms with Crippen molar-refractivity contribution in [3.05, 3.63) is 41.3 Å². The van der Waals surface area contributed by atoms with Crippen LogP contribution < -0.4 is 5.32 Å². The summed E-state index contributed by atoms with van der Waals surface area (Å²) in [5.74, 6) is 0.893. The predicted octanol–water partition coefficient (Wildman–Crippen LogP) is 3.94. The number of aryl methyl sites for hydroxylation is 2. The Balaban J connectivity index is 2.10. The molecule has 1 heterocycles. The van der Waals surface area contributed by atoms with Crippen LogP contribution >= 0.6 is 11.8 Å². The van der Waals surface area contributed by atoms with Crippen LogP contribution in [0.4, 0.5) is 0 Å². The van der Waals surface area contributed by atoms with E-state index in [-0.39, 0.29) is 0 Å². The number of hydrogen-bond acceptors (Lipinski definition) is 4. The lowest BCUT2D eigenvalue weighted by Crippen LogP contribution is -2.14. The topological polar surface area (TPSA) is 38.1 Å². The van der Waals surface area contributed by atoms with Crippen molar-refractivity contribution in [3.63, 3.8) is 0 Å². The van der Waals surface area contributed by atoms with E-state index in [0.29, 0.717) is 0 Å². The lowest BCUT2D eigenvalue weighted by atomic mass is 10.2. The van der Waals surface area contributed by atoms with Gasteiger partial charge in [-0.1, -0.05) is 25.1 Å². The molecule has 0 saturated carbocycles. The summed E-state index contributed by atoms with van der Waals surface area (Å²) in [6.45, 7) is 8.01. The lowest BCUT2D eigenvalue weighted by Gasteiger charge is -2.08. The molecule has 0 unspecified atom stereocenters. The number of aromatic nitrogens is 1. The van der Waals surface area contributed by atoms with E-state index in [1.165, 1.54) is 10.5 Å². The average Bonchev–Trinajstić information content (AvgIpc) is 2.71. The van der Waals surface area contributed by atoms with E-state index in [1.54, 1.807) is 11.8 Å². The first-order valence-corrected chi connectivity index (χ1v) is 7.43. The standard InChI is InChI=1S/C15H20N2OS/c1-4-9-16-10-13-7-5-6-8-14(13)19-15-17-11(2)12(3)18-15/h5-8,16H,4,9-10H2,1-3H3. The summed E-state index contributed by atoms with van der Waals surface area (Å²) >= 11 is 1.59. The Morgan fingerprint density at radius 1 is 1.26 bits per heavy atom. The zero-order chi connectivity index (χ0) is 13.7. The highest BCUT2D eigenvalue weighted by Crippen LogP contribution is 2.30. The van der Waals surface area contributed by atoms with Crippen LogP contribution in [-0.4, -0.2) is 11.5 Å². The van der Waals surface area contributed by atoms with Gasteiger partial charge >= 0.3 is 0 Å². The first-order valence-electron chi connectivity index (χ1n) is 6.61. The van der Waals surface area contributed by atoms with Gasteiger partial charge in [-0.15, -0.1) is 0 Å². The lowest BCUT2D eigenvalue weighted by molar-refractivity contribution is 0.431. The molecular formula is C15H20N2OS. The molecule has 0 fully saturated rings. The Morgan fingerprint density at radius 2 is 2.05 bits per heavy atom. The second-order valence-electron chi connectivity index (χ2n) is 4.51. The van der Waals surface area contributed by atoms with Crippen LogP contribution in [0.5, 0.6) is 0 Å². The molecule has 1 aromatic carbocycles. The smallest absolute Gasteiger partial charge is 0.261 e. The van der Waals surface area contributed by atoms with Crippen molar-refractivity contribution in [3.8, 4) is 0 Å². The fourth-order valence-electron chi connectivity index (χ4n) is 1.73. The molecule has 4 heteroatoms. The van der Waals surface area contributed by atoms with Crippen molar-refractivity contribution >= 4 is 11.8 Å². The van der Waals surface area contributed by atoms with E-state index >= 15 is 0 Å². The zero-order valence-corrected chi connectivity index (χ0v) is 12.5. The summed E-state index contributed by atoms with van der Waals surface area (Å²) in [6, 6.07) is 8.38. The third kappa shape index (κ3) is 3.85. The molecule has 0 atom stereocenters.